The molecule has 0 aliphatic rings. The van der Waals surface area contributed by atoms with Crippen LogP contribution in [0, 0.1) is 0 Å². The Labute approximate surface area is 110 Å². The Bertz CT molecular complexity index is 493. The van der Waals surface area contributed by atoms with E-state index in [-0.39, 0.29) is 0 Å². The van der Waals surface area contributed by atoms with Crippen LogP contribution < -0.4 is 10.1 Å². The molecule has 0 fully saturated rings. The van der Waals surface area contributed by atoms with E-state index in [1.807, 2.05) is 11.4 Å². The molecule has 1 N–H and O–H groups in total. The molecule has 6 heteroatoms. The maximum atomic E-state index is 5.60. The molecule has 0 saturated carbocycles. The first kappa shape index (κ1) is 13.0. The third-order valence-corrected chi connectivity index (χ3v) is 3.28. The number of rotatable bonds is 6. The van der Waals surface area contributed by atoms with Crippen LogP contribution in [0.25, 0.3) is 10.8 Å². The van der Waals surface area contributed by atoms with Gasteiger partial charge in [0.15, 0.2) is 0 Å². The highest BCUT2D eigenvalue weighted by Crippen LogP contribution is 2.29. The fourth-order valence-electron chi connectivity index (χ4n) is 1.46. The van der Waals surface area contributed by atoms with Crippen LogP contribution in [0.4, 0.5) is 0 Å². The fraction of sp³-hybridized carbons (Fsp3) is 0.500. The van der Waals surface area contributed by atoms with Crippen LogP contribution in [-0.2, 0) is 6.42 Å². The fourth-order valence-corrected chi connectivity index (χ4v) is 2.23. The molecule has 0 aliphatic heterocycles. The lowest BCUT2D eigenvalue weighted by molar-refractivity contribution is 0.416. The van der Waals surface area contributed by atoms with Crippen LogP contribution in [0.3, 0.4) is 0 Å². The Hall–Kier alpha value is -1.40. The highest BCUT2D eigenvalue weighted by Gasteiger charge is 2.11. The SMILES string of the molecule is COc1csc(-c2nnc(CCNC(C)C)o2)c1. The Morgan fingerprint density at radius 3 is 2.94 bits per heavy atom. The van der Waals surface area contributed by atoms with Crippen LogP contribution in [0.5, 0.6) is 5.75 Å². The zero-order valence-corrected chi connectivity index (χ0v) is 11.6. The van der Waals surface area contributed by atoms with Gasteiger partial charge < -0.3 is 14.5 Å². The van der Waals surface area contributed by atoms with Crippen LogP contribution >= 0.6 is 11.3 Å². The third-order valence-electron chi connectivity index (χ3n) is 2.38. The van der Waals surface area contributed by atoms with Crippen molar-refractivity contribution < 1.29 is 9.15 Å². The van der Waals surface area contributed by atoms with Gasteiger partial charge in [-0.15, -0.1) is 21.5 Å². The lowest BCUT2D eigenvalue weighted by atomic mass is 10.3. The second kappa shape index (κ2) is 5.97. The van der Waals surface area contributed by atoms with Crippen molar-refractivity contribution in [2.24, 2.45) is 0 Å². The second-order valence-electron chi connectivity index (χ2n) is 4.21. The lowest BCUT2D eigenvalue weighted by Crippen LogP contribution is -2.25. The summed E-state index contributed by atoms with van der Waals surface area (Å²) in [7, 11) is 1.64. The normalized spacial score (nSPS) is 11.1. The molecule has 0 radical (unpaired) electrons. The first-order chi connectivity index (χ1) is 8.69. The van der Waals surface area contributed by atoms with Crippen LogP contribution in [0.2, 0.25) is 0 Å². The summed E-state index contributed by atoms with van der Waals surface area (Å²) in [6.45, 7) is 5.06. The summed E-state index contributed by atoms with van der Waals surface area (Å²) in [5.74, 6) is 2.03. The van der Waals surface area contributed by atoms with Crippen molar-refractivity contribution in [1.29, 1.82) is 0 Å². The van der Waals surface area contributed by atoms with Crippen molar-refractivity contribution in [3.05, 3.63) is 17.3 Å². The molecular weight excluding hydrogens is 250 g/mol. The maximum absolute atomic E-state index is 5.60. The van der Waals surface area contributed by atoms with E-state index in [2.05, 4.69) is 29.4 Å². The summed E-state index contributed by atoms with van der Waals surface area (Å²) < 4.78 is 10.7. The molecule has 18 heavy (non-hydrogen) atoms. The number of aromatic nitrogens is 2. The molecule has 2 aromatic heterocycles. The molecule has 0 spiro atoms. The van der Waals surface area contributed by atoms with Crippen LogP contribution in [0.15, 0.2) is 15.9 Å². The van der Waals surface area contributed by atoms with Gasteiger partial charge >= 0.3 is 0 Å². The molecule has 98 valence electrons. The Morgan fingerprint density at radius 2 is 2.28 bits per heavy atom. The number of thiophene rings is 1. The van der Waals surface area contributed by atoms with Crippen molar-refractivity contribution >= 4 is 11.3 Å². The standard InChI is InChI=1S/C12H17N3O2S/c1-8(2)13-5-4-11-14-15-12(17-11)10-6-9(16-3)7-18-10/h6-8,13H,4-5H2,1-3H3. The van der Waals surface area contributed by atoms with E-state index in [4.69, 9.17) is 9.15 Å². The molecular formula is C12H17N3O2S. The highest BCUT2D eigenvalue weighted by atomic mass is 32.1. The van der Waals surface area contributed by atoms with E-state index in [9.17, 15) is 0 Å². The topological polar surface area (TPSA) is 60.2 Å². The smallest absolute Gasteiger partial charge is 0.257 e. The molecule has 0 saturated heterocycles. The Kier molecular flexibility index (Phi) is 4.33. The number of ether oxygens (including phenoxy) is 1. The summed E-state index contributed by atoms with van der Waals surface area (Å²) in [6.07, 6.45) is 0.744. The predicted octanol–water partition coefficient (Wildman–Crippen LogP) is 2.35. The van der Waals surface area contributed by atoms with Crippen LogP contribution in [0.1, 0.15) is 19.7 Å². The van der Waals surface area contributed by atoms with Crippen LogP contribution in [-0.4, -0.2) is 29.9 Å². The van der Waals surface area contributed by atoms with Crippen molar-refractivity contribution in [3.8, 4) is 16.5 Å². The van der Waals surface area contributed by atoms with E-state index >= 15 is 0 Å². The summed E-state index contributed by atoms with van der Waals surface area (Å²) in [4.78, 5) is 0.933. The molecule has 2 aromatic rings. The molecule has 2 rings (SSSR count). The molecule has 0 unspecified atom stereocenters. The largest absolute Gasteiger partial charge is 0.496 e. The molecule has 0 atom stereocenters. The molecule has 0 amide bonds. The lowest BCUT2D eigenvalue weighted by Gasteiger charge is -2.04. The molecule has 0 bridgehead atoms. The van der Waals surface area contributed by atoms with Crippen molar-refractivity contribution in [2.75, 3.05) is 13.7 Å². The van der Waals surface area contributed by atoms with Gasteiger partial charge in [-0.25, -0.2) is 0 Å². The van der Waals surface area contributed by atoms with Gasteiger partial charge in [0.2, 0.25) is 5.89 Å². The number of hydrogen-bond donors (Lipinski definition) is 1. The monoisotopic (exact) mass is 267 g/mol. The summed E-state index contributed by atoms with van der Waals surface area (Å²) >= 11 is 1.53. The molecule has 2 heterocycles. The average molecular weight is 267 g/mol. The quantitative estimate of drug-likeness (QED) is 0.870. The molecule has 0 aliphatic carbocycles. The predicted molar refractivity (Wildman–Crippen MR) is 71.0 cm³/mol. The third kappa shape index (κ3) is 3.30. The van der Waals surface area contributed by atoms with Gasteiger partial charge in [0.25, 0.3) is 5.89 Å². The first-order valence-corrected chi connectivity index (χ1v) is 6.75. The minimum Gasteiger partial charge on any atom is -0.496 e. The van der Waals surface area contributed by atoms with Gasteiger partial charge in [0.1, 0.15) is 5.75 Å². The van der Waals surface area contributed by atoms with Gasteiger partial charge in [-0.05, 0) is 0 Å². The average Bonchev–Trinajstić information content (AvgIpc) is 2.95. The van der Waals surface area contributed by atoms with Crippen molar-refractivity contribution in [2.45, 2.75) is 26.3 Å². The zero-order chi connectivity index (χ0) is 13.0. The number of nitrogens with zero attached hydrogens (tertiary/aromatic N) is 2. The zero-order valence-electron chi connectivity index (χ0n) is 10.8. The van der Waals surface area contributed by atoms with Gasteiger partial charge in [-0.2, -0.15) is 0 Å². The number of nitrogens with one attached hydrogen (secondary N) is 1. The van der Waals surface area contributed by atoms with Gasteiger partial charge in [0, 0.05) is 30.5 Å². The van der Waals surface area contributed by atoms with Gasteiger partial charge in [-0.1, -0.05) is 13.8 Å². The maximum Gasteiger partial charge on any atom is 0.257 e. The van der Waals surface area contributed by atoms with E-state index in [0.717, 1.165) is 23.6 Å². The summed E-state index contributed by atoms with van der Waals surface area (Å²) in [5, 5.41) is 13.3. The van der Waals surface area contributed by atoms with Gasteiger partial charge in [-0.3, -0.25) is 0 Å². The van der Waals surface area contributed by atoms with E-state index in [0.29, 0.717) is 17.8 Å². The second-order valence-corrected chi connectivity index (χ2v) is 5.12. The van der Waals surface area contributed by atoms with Crippen molar-refractivity contribution in [3.63, 3.8) is 0 Å². The van der Waals surface area contributed by atoms with Gasteiger partial charge in [0.05, 0.1) is 12.0 Å². The molecule has 5 nitrogen and oxygen atoms in total. The first-order valence-electron chi connectivity index (χ1n) is 5.87. The Morgan fingerprint density at radius 1 is 1.44 bits per heavy atom. The Balaban J connectivity index is 1.97. The van der Waals surface area contributed by atoms with Crippen molar-refractivity contribution in [1.82, 2.24) is 15.5 Å². The van der Waals surface area contributed by atoms with E-state index in [1.54, 1.807) is 7.11 Å². The number of hydrogen-bond acceptors (Lipinski definition) is 6. The minimum absolute atomic E-state index is 0.467. The summed E-state index contributed by atoms with van der Waals surface area (Å²) in [5.41, 5.74) is 0. The minimum atomic E-state index is 0.467. The summed E-state index contributed by atoms with van der Waals surface area (Å²) in [6, 6.07) is 2.36. The van der Waals surface area contributed by atoms with E-state index in [1.165, 1.54) is 11.3 Å². The molecule has 0 aromatic carbocycles. The van der Waals surface area contributed by atoms with E-state index < -0.39 is 0 Å². The highest BCUT2D eigenvalue weighted by molar-refractivity contribution is 7.13. The number of methoxy groups -OCH3 is 1.